The van der Waals surface area contributed by atoms with Gasteiger partial charge in [-0.2, -0.15) is 0 Å². The summed E-state index contributed by atoms with van der Waals surface area (Å²) in [6.07, 6.45) is 1.50. The molecule has 0 saturated carbocycles. The highest BCUT2D eigenvalue weighted by Crippen LogP contribution is 2.41. The molecule has 0 unspecified atom stereocenters. The van der Waals surface area contributed by atoms with Crippen molar-refractivity contribution in [2.75, 3.05) is 51.0 Å². The number of carbonyl (C=O) groups excluding carboxylic acids is 2. The van der Waals surface area contributed by atoms with Gasteiger partial charge in [0, 0.05) is 66.7 Å². The van der Waals surface area contributed by atoms with Gasteiger partial charge in [-0.15, -0.1) is 0 Å². The van der Waals surface area contributed by atoms with Crippen LogP contribution in [0.1, 0.15) is 54.8 Å². The lowest BCUT2D eigenvalue weighted by Gasteiger charge is -2.24. The normalized spacial score (nSPS) is 11.2. The second-order valence-electron chi connectivity index (χ2n) is 10.0. The highest BCUT2D eigenvalue weighted by atomic mass is 31.2. The summed E-state index contributed by atoms with van der Waals surface area (Å²) in [7, 11) is 0.625. The third-order valence-corrected chi connectivity index (χ3v) is 9.03. The summed E-state index contributed by atoms with van der Waals surface area (Å²) in [5.41, 5.74) is 4.67. The molecule has 0 fully saturated rings. The van der Waals surface area contributed by atoms with Gasteiger partial charge >= 0.3 is 0 Å². The number of amides is 2. The van der Waals surface area contributed by atoms with E-state index in [0.29, 0.717) is 53.2 Å². The van der Waals surface area contributed by atoms with Crippen LogP contribution in [0.15, 0.2) is 65.1 Å². The Kier molecular flexibility index (Phi) is 11.9. The highest BCUT2D eigenvalue weighted by Gasteiger charge is 2.25. The molecule has 10 heteroatoms. The molecule has 0 spiro atoms. The minimum Gasteiger partial charge on any atom is -0.455 e. The van der Waals surface area contributed by atoms with Gasteiger partial charge in [-0.1, -0.05) is 12.1 Å². The molecule has 0 radical (unpaired) electrons. The Hall–Kier alpha value is -3.78. The average Bonchev–Trinajstić information content (AvgIpc) is 3.42. The third-order valence-electron chi connectivity index (χ3n) is 7.26. The molecule has 1 aromatic heterocycles. The molecule has 0 aliphatic carbocycles. The van der Waals surface area contributed by atoms with Crippen LogP contribution in [0.25, 0.3) is 33.4 Å². The lowest BCUT2D eigenvalue weighted by Crippen LogP contribution is -2.25. The van der Waals surface area contributed by atoms with E-state index in [4.69, 9.17) is 13.5 Å². The first-order chi connectivity index (χ1) is 21.3. The Bertz CT molecular complexity index is 1560. The van der Waals surface area contributed by atoms with Crippen LogP contribution in [0.3, 0.4) is 0 Å². The summed E-state index contributed by atoms with van der Waals surface area (Å²) in [5, 5.41) is 6.37. The van der Waals surface area contributed by atoms with Gasteiger partial charge in [0.2, 0.25) is 0 Å². The predicted octanol–water partition coefficient (Wildman–Crippen LogP) is 7.62. The molecule has 2 amide bonds. The number of furan rings is 1. The van der Waals surface area contributed by atoms with Crippen molar-refractivity contribution in [1.29, 1.82) is 0 Å². The smallest absolute Gasteiger partial charge is 0.255 e. The van der Waals surface area contributed by atoms with Gasteiger partial charge in [-0.25, -0.2) is 4.39 Å². The van der Waals surface area contributed by atoms with E-state index >= 15 is 0 Å². The van der Waals surface area contributed by atoms with Crippen LogP contribution in [0.2, 0.25) is 0 Å². The van der Waals surface area contributed by atoms with Gasteiger partial charge in [0.25, 0.3) is 11.8 Å². The molecule has 0 saturated heterocycles. The Balaban J connectivity index is 1.72. The minimum absolute atomic E-state index is 0.164. The lowest BCUT2D eigenvalue weighted by atomic mass is 9.96. The number of benzene rings is 3. The number of hydrogen-bond donors (Lipinski definition) is 2. The van der Waals surface area contributed by atoms with Crippen LogP contribution >= 0.6 is 8.38 Å². The number of rotatable bonds is 15. The number of hydrogen-bond acceptors (Lipinski definition) is 6. The Morgan fingerprint density at radius 2 is 1.61 bits per heavy atom. The number of halogens is 1. The maximum Gasteiger partial charge on any atom is 0.255 e. The van der Waals surface area contributed by atoms with E-state index in [9.17, 15) is 14.0 Å². The molecule has 2 N–H and O–H groups in total. The fourth-order valence-electron chi connectivity index (χ4n) is 5.14. The molecule has 234 valence electrons. The van der Waals surface area contributed by atoms with Crippen LogP contribution in [-0.2, 0) is 9.05 Å². The van der Waals surface area contributed by atoms with Crippen molar-refractivity contribution in [2.24, 2.45) is 0 Å². The van der Waals surface area contributed by atoms with E-state index in [0.717, 1.165) is 42.5 Å². The van der Waals surface area contributed by atoms with Gasteiger partial charge in [0.05, 0.1) is 18.8 Å². The zero-order valence-corrected chi connectivity index (χ0v) is 26.9. The number of carbonyl (C=O) groups is 2. The molecule has 4 aromatic rings. The van der Waals surface area contributed by atoms with E-state index in [1.807, 2.05) is 44.2 Å². The minimum atomic E-state index is -0.942. The second-order valence-corrected chi connectivity index (χ2v) is 11.6. The van der Waals surface area contributed by atoms with Crippen LogP contribution in [0.4, 0.5) is 10.1 Å². The molecule has 1 heterocycles. The Morgan fingerprint density at radius 1 is 0.909 bits per heavy atom. The molecule has 44 heavy (non-hydrogen) atoms. The zero-order chi connectivity index (χ0) is 31.6. The van der Waals surface area contributed by atoms with E-state index in [1.54, 1.807) is 25.2 Å². The van der Waals surface area contributed by atoms with Crippen LogP contribution in [0.5, 0.6) is 0 Å². The van der Waals surface area contributed by atoms with Crippen molar-refractivity contribution in [2.45, 2.75) is 34.1 Å². The van der Waals surface area contributed by atoms with Crippen LogP contribution in [-0.4, -0.2) is 57.9 Å². The maximum absolute atomic E-state index is 13.7. The number of nitrogens with one attached hydrogen (secondary N) is 2. The standard InChI is InChI=1S/C34H41FN3O5P/c1-6-38(7-2)29-22-30-28(31(34(40)36-5)32(43-30)23-14-16-26(35)17-15-23)21-27(29)24-12-10-13-25(20-24)33(39)37-18-11-19-44(41-8-3)42-9-4/h10,12-17,20-22H,6-9,11,18-19H2,1-5H3,(H,36,40)(H,37,39). The average molecular weight is 622 g/mol. The maximum atomic E-state index is 13.7. The SMILES string of the molecule is CCOP(CCCNC(=O)c1cccc(-c2cc3c(C(=O)NC)c(-c4ccc(F)cc4)oc3cc2N(CC)CC)c1)OCC. The summed E-state index contributed by atoms with van der Waals surface area (Å²) in [6, 6.07) is 17.3. The van der Waals surface area contributed by atoms with Gasteiger partial charge in [-0.3, -0.25) is 9.59 Å². The number of fused-ring (bicyclic) bond motifs is 1. The third kappa shape index (κ3) is 7.65. The molecule has 0 atom stereocenters. The quantitative estimate of drug-likeness (QED) is 0.105. The summed E-state index contributed by atoms with van der Waals surface area (Å²) >= 11 is 0. The summed E-state index contributed by atoms with van der Waals surface area (Å²) in [4.78, 5) is 28.6. The summed E-state index contributed by atoms with van der Waals surface area (Å²) < 4.78 is 31.3. The van der Waals surface area contributed by atoms with E-state index in [-0.39, 0.29) is 17.6 Å². The molecular formula is C34H41FN3O5P. The number of anilines is 1. The largest absolute Gasteiger partial charge is 0.455 e. The topological polar surface area (TPSA) is 93.0 Å². The van der Waals surface area contributed by atoms with Gasteiger partial charge in [0.15, 0.2) is 8.38 Å². The van der Waals surface area contributed by atoms with Crippen molar-refractivity contribution in [3.8, 4) is 22.5 Å². The van der Waals surface area contributed by atoms with Crippen molar-refractivity contribution >= 4 is 36.8 Å². The van der Waals surface area contributed by atoms with Crippen LogP contribution in [0, 0.1) is 5.82 Å². The van der Waals surface area contributed by atoms with Crippen molar-refractivity contribution in [1.82, 2.24) is 10.6 Å². The molecule has 0 aliphatic heterocycles. The first-order valence-electron chi connectivity index (χ1n) is 15.1. The van der Waals surface area contributed by atoms with E-state index in [1.165, 1.54) is 12.1 Å². The first kappa shape index (κ1) is 33.1. The highest BCUT2D eigenvalue weighted by molar-refractivity contribution is 7.47. The lowest BCUT2D eigenvalue weighted by molar-refractivity contribution is 0.0949. The van der Waals surface area contributed by atoms with Gasteiger partial charge in [-0.05, 0) is 82.1 Å². The first-order valence-corrected chi connectivity index (χ1v) is 16.5. The Labute approximate surface area is 259 Å². The molecular weight excluding hydrogens is 580 g/mol. The molecule has 0 aliphatic rings. The molecule has 8 nitrogen and oxygen atoms in total. The molecule has 3 aromatic carbocycles. The van der Waals surface area contributed by atoms with Crippen molar-refractivity contribution in [3.63, 3.8) is 0 Å². The second kappa shape index (κ2) is 15.8. The van der Waals surface area contributed by atoms with E-state index in [2.05, 4.69) is 29.4 Å². The molecule has 0 bridgehead atoms. The molecule has 4 rings (SSSR count). The van der Waals surface area contributed by atoms with Crippen LogP contribution < -0.4 is 15.5 Å². The zero-order valence-electron chi connectivity index (χ0n) is 26.0. The Morgan fingerprint density at radius 3 is 2.25 bits per heavy atom. The predicted molar refractivity (Wildman–Crippen MR) is 176 cm³/mol. The summed E-state index contributed by atoms with van der Waals surface area (Å²) in [6.45, 7) is 11.2. The monoisotopic (exact) mass is 621 g/mol. The van der Waals surface area contributed by atoms with E-state index < -0.39 is 8.38 Å². The van der Waals surface area contributed by atoms with Gasteiger partial charge < -0.3 is 29.0 Å². The van der Waals surface area contributed by atoms with Crippen molar-refractivity contribution in [3.05, 3.63) is 77.6 Å². The fourth-order valence-corrected chi connectivity index (χ4v) is 6.46. The van der Waals surface area contributed by atoms with Crippen molar-refractivity contribution < 1.29 is 27.4 Å². The fraction of sp³-hybridized carbons (Fsp3) is 0.353. The van der Waals surface area contributed by atoms with Gasteiger partial charge in [0.1, 0.15) is 17.2 Å². The number of nitrogens with zero attached hydrogens (tertiary/aromatic N) is 1. The summed E-state index contributed by atoms with van der Waals surface area (Å²) in [5.74, 6) is -0.479.